The standard InChI is InChI=1S/C16H12F3N5O2.C4H9NO/c17-16(18,19)8-24-15(20-9-21-24)12-6-23-3-4-26-13-2-1-10(7-25)5-11(13)14(23)22-12;1-3-6-4-2-5-1/h1-2,5-7,9H,3-4,8H2;5H,1-4H2. The van der Waals surface area contributed by atoms with E-state index in [2.05, 4.69) is 20.4 Å². The van der Waals surface area contributed by atoms with Crippen molar-refractivity contribution < 1.29 is 27.4 Å². The van der Waals surface area contributed by atoms with Crippen LogP contribution in [0.25, 0.3) is 22.9 Å². The molecule has 170 valence electrons. The highest BCUT2D eigenvalue weighted by Crippen LogP contribution is 2.34. The maximum Gasteiger partial charge on any atom is 0.408 e. The molecule has 5 rings (SSSR count). The number of fused-ring (bicyclic) bond motifs is 3. The normalized spacial score (nSPS) is 15.5. The number of hydrogen-bond donors (Lipinski definition) is 1. The fraction of sp³-hybridized carbons (Fsp3) is 0.400. The number of nitrogens with one attached hydrogen (secondary N) is 1. The van der Waals surface area contributed by atoms with E-state index in [-0.39, 0.29) is 11.5 Å². The molecule has 0 radical (unpaired) electrons. The van der Waals surface area contributed by atoms with Gasteiger partial charge in [-0.15, -0.1) is 0 Å². The second-order valence-corrected chi connectivity index (χ2v) is 7.08. The van der Waals surface area contributed by atoms with Crippen molar-refractivity contribution in [3.8, 4) is 28.7 Å². The van der Waals surface area contributed by atoms with Crippen LogP contribution in [-0.2, 0) is 17.8 Å². The van der Waals surface area contributed by atoms with Gasteiger partial charge in [-0.1, -0.05) is 0 Å². The number of carbonyl (C=O) groups excluding carboxylic acids is 1. The Kier molecular flexibility index (Phi) is 6.51. The van der Waals surface area contributed by atoms with E-state index < -0.39 is 12.7 Å². The van der Waals surface area contributed by atoms with E-state index in [1.165, 1.54) is 0 Å². The van der Waals surface area contributed by atoms with Crippen molar-refractivity contribution >= 4 is 6.29 Å². The van der Waals surface area contributed by atoms with Gasteiger partial charge < -0.3 is 19.4 Å². The van der Waals surface area contributed by atoms with Crippen LogP contribution in [0.1, 0.15) is 10.4 Å². The predicted molar refractivity (Wildman–Crippen MR) is 107 cm³/mol. The molecule has 9 nitrogen and oxygen atoms in total. The van der Waals surface area contributed by atoms with Crippen LogP contribution in [0.15, 0.2) is 30.7 Å². The monoisotopic (exact) mass is 450 g/mol. The van der Waals surface area contributed by atoms with E-state index in [1.807, 2.05) is 0 Å². The molecule has 12 heteroatoms. The average molecular weight is 450 g/mol. The van der Waals surface area contributed by atoms with Crippen molar-refractivity contribution in [1.82, 2.24) is 29.6 Å². The third kappa shape index (κ3) is 5.14. The van der Waals surface area contributed by atoms with Crippen LogP contribution in [0.2, 0.25) is 0 Å². The quantitative estimate of drug-likeness (QED) is 0.611. The summed E-state index contributed by atoms with van der Waals surface area (Å²) in [5, 5.41) is 6.80. The summed E-state index contributed by atoms with van der Waals surface area (Å²) in [5.41, 5.74) is 1.32. The summed E-state index contributed by atoms with van der Waals surface area (Å²) in [6, 6.07) is 4.94. The number of morpholine rings is 1. The summed E-state index contributed by atoms with van der Waals surface area (Å²) < 4.78 is 51.3. The first-order valence-electron chi connectivity index (χ1n) is 9.97. The molecule has 1 saturated heterocycles. The molecule has 32 heavy (non-hydrogen) atoms. The van der Waals surface area contributed by atoms with E-state index in [0.717, 1.165) is 37.3 Å². The van der Waals surface area contributed by atoms with Crippen molar-refractivity contribution in [2.75, 3.05) is 32.9 Å². The Morgan fingerprint density at radius 3 is 2.62 bits per heavy atom. The Balaban J connectivity index is 0.000000354. The lowest BCUT2D eigenvalue weighted by molar-refractivity contribution is -0.142. The van der Waals surface area contributed by atoms with E-state index in [0.29, 0.717) is 42.1 Å². The lowest BCUT2D eigenvalue weighted by Crippen LogP contribution is -2.30. The molecule has 0 atom stereocenters. The smallest absolute Gasteiger partial charge is 0.408 e. The molecule has 0 saturated carbocycles. The first kappa shape index (κ1) is 22.0. The summed E-state index contributed by atoms with van der Waals surface area (Å²) in [6.07, 6.45) is -1.04. The number of rotatable bonds is 3. The van der Waals surface area contributed by atoms with Gasteiger partial charge >= 0.3 is 6.18 Å². The molecule has 2 aliphatic rings. The van der Waals surface area contributed by atoms with Crippen LogP contribution < -0.4 is 10.1 Å². The fourth-order valence-electron chi connectivity index (χ4n) is 3.35. The number of carbonyl (C=O) groups is 1. The second kappa shape index (κ2) is 9.49. The number of halogens is 3. The second-order valence-electron chi connectivity index (χ2n) is 7.08. The lowest BCUT2D eigenvalue weighted by Gasteiger charge is -2.10. The number of imidazole rings is 1. The Labute approximate surface area is 181 Å². The summed E-state index contributed by atoms with van der Waals surface area (Å²) in [4.78, 5) is 19.4. The molecule has 1 fully saturated rings. The largest absolute Gasteiger partial charge is 0.491 e. The minimum absolute atomic E-state index is 0.0249. The third-order valence-corrected chi connectivity index (χ3v) is 4.77. The summed E-state index contributed by atoms with van der Waals surface area (Å²) in [7, 11) is 0. The topological polar surface area (TPSA) is 96.1 Å². The first-order valence-corrected chi connectivity index (χ1v) is 9.97. The van der Waals surface area contributed by atoms with Gasteiger partial charge in [-0.2, -0.15) is 18.3 Å². The highest BCUT2D eigenvalue weighted by Gasteiger charge is 2.31. The van der Waals surface area contributed by atoms with Crippen LogP contribution in [0.3, 0.4) is 0 Å². The highest BCUT2D eigenvalue weighted by molar-refractivity contribution is 5.80. The van der Waals surface area contributed by atoms with Crippen LogP contribution in [0.5, 0.6) is 5.75 Å². The predicted octanol–water partition coefficient (Wildman–Crippen LogP) is 2.18. The fourth-order valence-corrected chi connectivity index (χ4v) is 3.35. The van der Waals surface area contributed by atoms with Gasteiger partial charge in [0.1, 0.15) is 43.0 Å². The lowest BCUT2D eigenvalue weighted by atomic mass is 10.1. The Bertz CT molecular complexity index is 1060. The van der Waals surface area contributed by atoms with Crippen LogP contribution in [-0.4, -0.2) is 69.7 Å². The minimum atomic E-state index is -4.42. The maximum atomic E-state index is 12.7. The van der Waals surface area contributed by atoms with Gasteiger partial charge in [-0.25, -0.2) is 14.6 Å². The number of alkyl halides is 3. The van der Waals surface area contributed by atoms with Gasteiger partial charge in [0.15, 0.2) is 5.82 Å². The van der Waals surface area contributed by atoms with Crippen molar-refractivity contribution in [2.45, 2.75) is 19.3 Å². The number of aldehydes is 1. The van der Waals surface area contributed by atoms with Crippen molar-refractivity contribution in [1.29, 1.82) is 0 Å². The zero-order valence-electron chi connectivity index (χ0n) is 17.0. The number of nitrogens with zero attached hydrogens (tertiary/aromatic N) is 5. The molecule has 0 bridgehead atoms. The van der Waals surface area contributed by atoms with Gasteiger partial charge in [-0.3, -0.25) is 4.79 Å². The van der Waals surface area contributed by atoms with Crippen molar-refractivity contribution in [3.63, 3.8) is 0 Å². The van der Waals surface area contributed by atoms with Crippen molar-refractivity contribution in [2.24, 2.45) is 0 Å². The molecule has 0 aliphatic carbocycles. The number of benzene rings is 1. The van der Waals surface area contributed by atoms with Gasteiger partial charge in [0.25, 0.3) is 0 Å². The molecule has 1 aromatic carbocycles. The van der Waals surface area contributed by atoms with E-state index in [9.17, 15) is 18.0 Å². The number of hydrogen-bond acceptors (Lipinski definition) is 7. The summed E-state index contributed by atoms with van der Waals surface area (Å²) >= 11 is 0. The molecule has 2 aromatic heterocycles. The van der Waals surface area contributed by atoms with E-state index in [4.69, 9.17) is 9.47 Å². The van der Waals surface area contributed by atoms with Gasteiger partial charge in [0.05, 0.1) is 25.3 Å². The van der Waals surface area contributed by atoms with Gasteiger partial charge in [-0.05, 0) is 18.2 Å². The molecule has 3 aromatic rings. The number of aromatic nitrogens is 5. The molecular weight excluding hydrogens is 429 g/mol. The van der Waals surface area contributed by atoms with Crippen molar-refractivity contribution in [3.05, 3.63) is 36.3 Å². The Hall–Kier alpha value is -3.25. The molecule has 0 amide bonds. The average Bonchev–Trinajstić information content (AvgIpc) is 3.37. The molecule has 1 N–H and O–H groups in total. The zero-order valence-corrected chi connectivity index (χ0v) is 17.0. The van der Waals surface area contributed by atoms with Crippen LogP contribution in [0, 0.1) is 0 Å². The van der Waals surface area contributed by atoms with Crippen LogP contribution >= 0.6 is 0 Å². The SMILES string of the molecule is C1COCCN1.O=Cc1ccc2c(c1)-c1nc(-c3ncnn3CC(F)(F)F)cn1CCO2. The minimum Gasteiger partial charge on any atom is -0.491 e. The van der Waals surface area contributed by atoms with Crippen LogP contribution in [0.4, 0.5) is 13.2 Å². The van der Waals surface area contributed by atoms with E-state index >= 15 is 0 Å². The third-order valence-electron chi connectivity index (χ3n) is 4.77. The Morgan fingerprint density at radius 2 is 1.97 bits per heavy atom. The summed E-state index contributed by atoms with van der Waals surface area (Å²) in [6.45, 7) is 3.41. The zero-order chi connectivity index (χ0) is 22.6. The molecule has 4 heterocycles. The number of ether oxygens (including phenoxy) is 2. The first-order chi connectivity index (χ1) is 15.4. The maximum absolute atomic E-state index is 12.7. The highest BCUT2D eigenvalue weighted by atomic mass is 19.4. The van der Waals surface area contributed by atoms with Gasteiger partial charge in [0, 0.05) is 24.8 Å². The summed E-state index contributed by atoms with van der Waals surface area (Å²) in [5.74, 6) is 1.08. The Morgan fingerprint density at radius 1 is 1.16 bits per heavy atom. The van der Waals surface area contributed by atoms with E-state index in [1.54, 1.807) is 29.0 Å². The van der Waals surface area contributed by atoms with Gasteiger partial charge in [0.2, 0.25) is 0 Å². The molecular formula is C20H21F3N6O3. The molecule has 2 aliphatic heterocycles. The molecule has 0 unspecified atom stereocenters. The molecule has 0 spiro atoms.